The van der Waals surface area contributed by atoms with Gasteiger partial charge in [-0.2, -0.15) is 5.10 Å². The van der Waals surface area contributed by atoms with E-state index in [1.807, 2.05) is 24.5 Å². The lowest BCUT2D eigenvalue weighted by Gasteiger charge is -2.23. The van der Waals surface area contributed by atoms with E-state index in [9.17, 15) is 14.0 Å². The third-order valence-corrected chi connectivity index (χ3v) is 5.18. The Morgan fingerprint density at radius 2 is 2.04 bits per heavy atom. The highest BCUT2D eigenvalue weighted by Crippen LogP contribution is 2.30. The lowest BCUT2D eigenvalue weighted by molar-refractivity contribution is -0.125. The van der Waals surface area contributed by atoms with Gasteiger partial charge in [-0.05, 0) is 48.7 Å². The van der Waals surface area contributed by atoms with Gasteiger partial charge < -0.3 is 10.6 Å². The standard InChI is InChI=1S/C20H17FN4O2S/c1-28-15-4-2-3-14(9-15)22-20(27)17-11-19(26)23-18-10-16(24-25(17)18)12-5-7-13(21)8-6-12/h2-10,17H,11H2,1H3,(H,22,27)(H,23,26)/t17-/m0/s1. The van der Waals surface area contributed by atoms with Crippen molar-refractivity contribution in [1.82, 2.24) is 9.78 Å². The molecule has 0 fully saturated rings. The van der Waals surface area contributed by atoms with E-state index in [0.717, 1.165) is 4.90 Å². The van der Waals surface area contributed by atoms with E-state index >= 15 is 0 Å². The second kappa shape index (κ2) is 7.47. The topological polar surface area (TPSA) is 76.0 Å². The van der Waals surface area contributed by atoms with Crippen LogP contribution in [-0.4, -0.2) is 27.9 Å². The molecule has 28 heavy (non-hydrogen) atoms. The molecule has 2 aromatic carbocycles. The molecule has 2 heterocycles. The van der Waals surface area contributed by atoms with Crippen LogP contribution in [-0.2, 0) is 9.59 Å². The van der Waals surface area contributed by atoms with Crippen LogP contribution in [0.15, 0.2) is 59.5 Å². The first-order valence-electron chi connectivity index (χ1n) is 8.64. The number of benzene rings is 2. The minimum Gasteiger partial charge on any atom is -0.324 e. The molecule has 0 bridgehead atoms. The molecule has 142 valence electrons. The van der Waals surface area contributed by atoms with E-state index < -0.39 is 6.04 Å². The van der Waals surface area contributed by atoms with Crippen molar-refractivity contribution in [1.29, 1.82) is 0 Å². The molecule has 0 saturated carbocycles. The summed E-state index contributed by atoms with van der Waals surface area (Å²) in [4.78, 5) is 26.0. The summed E-state index contributed by atoms with van der Waals surface area (Å²) in [5, 5.41) is 10.1. The maximum absolute atomic E-state index is 13.2. The van der Waals surface area contributed by atoms with E-state index in [-0.39, 0.29) is 24.1 Å². The second-order valence-electron chi connectivity index (χ2n) is 6.36. The zero-order chi connectivity index (χ0) is 19.7. The van der Waals surface area contributed by atoms with E-state index in [2.05, 4.69) is 15.7 Å². The number of carbonyl (C=O) groups is 2. The molecule has 0 aliphatic carbocycles. The Kier molecular flexibility index (Phi) is 4.87. The number of nitrogens with zero attached hydrogens (tertiary/aromatic N) is 2. The van der Waals surface area contributed by atoms with Gasteiger partial charge in [0.15, 0.2) is 0 Å². The maximum atomic E-state index is 13.2. The maximum Gasteiger partial charge on any atom is 0.249 e. The van der Waals surface area contributed by atoms with Gasteiger partial charge >= 0.3 is 0 Å². The highest BCUT2D eigenvalue weighted by atomic mass is 32.2. The number of thioether (sulfide) groups is 1. The third-order valence-electron chi connectivity index (χ3n) is 4.46. The first-order valence-corrected chi connectivity index (χ1v) is 9.86. The molecule has 1 aliphatic heterocycles. The average molecular weight is 396 g/mol. The molecule has 0 radical (unpaired) electrons. The van der Waals surface area contributed by atoms with E-state index in [0.29, 0.717) is 22.8 Å². The van der Waals surface area contributed by atoms with Gasteiger partial charge in [-0.25, -0.2) is 9.07 Å². The zero-order valence-electron chi connectivity index (χ0n) is 15.0. The smallest absolute Gasteiger partial charge is 0.249 e. The predicted octanol–water partition coefficient (Wildman–Crippen LogP) is 3.93. The summed E-state index contributed by atoms with van der Waals surface area (Å²) in [6, 6.07) is 14.3. The van der Waals surface area contributed by atoms with Crippen molar-refractivity contribution in [2.75, 3.05) is 16.9 Å². The van der Waals surface area contributed by atoms with Gasteiger partial charge in [0.25, 0.3) is 0 Å². The summed E-state index contributed by atoms with van der Waals surface area (Å²) in [6.07, 6.45) is 1.95. The van der Waals surface area contributed by atoms with Crippen molar-refractivity contribution < 1.29 is 14.0 Å². The number of fused-ring (bicyclic) bond motifs is 1. The number of nitrogens with one attached hydrogen (secondary N) is 2. The molecular weight excluding hydrogens is 379 g/mol. The van der Waals surface area contributed by atoms with E-state index in [1.165, 1.54) is 16.8 Å². The Balaban J connectivity index is 1.63. The molecule has 1 aromatic heterocycles. The van der Waals surface area contributed by atoms with E-state index in [1.54, 1.807) is 36.0 Å². The van der Waals surface area contributed by atoms with Crippen LogP contribution in [0.2, 0.25) is 0 Å². The van der Waals surface area contributed by atoms with Crippen molar-refractivity contribution in [3.05, 3.63) is 60.4 Å². The number of anilines is 2. The van der Waals surface area contributed by atoms with Gasteiger partial charge in [0.05, 0.1) is 12.1 Å². The third kappa shape index (κ3) is 3.63. The summed E-state index contributed by atoms with van der Waals surface area (Å²) < 4.78 is 14.7. The van der Waals surface area contributed by atoms with Crippen molar-refractivity contribution in [2.24, 2.45) is 0 Å². The van der Waals surface area contributed by atoms with Gasteiger partial charge in [0.1, 0.15) is 17.7 Å². The molecule has 0 saturated heterocycles. The van der Waals surface area contributed by atoms with Gasteiger partial charge in [0.2, 0.25) is 11.8 Å². The Bertz CT molecular complexity index is 1050. The number of hydrogen-bond acceptors (Lipinski definition) is 4. The summed E-state index contributed by atoms with van der Waals surface area (Å²) in [6.45, 7) is 0. The Morgan fingerprint density at radius 3 is 2.79 bits per heavy atom. The van der Waals surface area contributed by atoms with Crippen LogP contribution in [0, 0.1) is 5.82 Å². The van der Waals surface area contributed by atoms with Crippen molar-refractivity contribution >= 4 is 35.1 Å². The fourth-order valence-corrected chi connectivity index (χ4v) is 3.53. The lowest BCUT2D eigenvalue weighted by Crippen LogP contribution is -2.35. The normalized spacial score (nSPS) is 15.6. The van der Waals surface area contributed by atoms with Crippen LogP contribution in [0.4, 0.5) is 15.9 Å². The molecule has 6 nitrogen and oxygen atoms in total. The number of carbonyl (C=O) groups excluding carboxylic acids is 2. The Hall–Kier alpha value is -3.13. The number of amides is 2. The molecule has 3 aromatic rings. The minimum absolute atomic E-state index is 0.00834. The van der Waals surface area contributed by atoms with Crippen LogP contribution < -0.4 is 10.6 Å². The van der Waals surface area contributed by atoms with Crippen LogP contribution in [0.1, 0.15) is 12.5 Å². The van der Waals surface area contributed by atoms with Crippen LogP contribution in [0.3, 0.4) is 0 Å². The predicted molar refractivity (Wildman–Crippen MR) is 107 cm³/mol. The molecule has 2 amide bonds. The monoisotopic (exact) mass is 396 g/mol. The number of hydrogen-bond donors (Lipinski definition) is 2. The van der Waals surface area contributed by atoms with Crippen molar-refractivity contribution in [2.45, 2.75) is 17.4 Å². The fraction of sp³-hybridized carbons (Fsp3) is 0.150. The van der Waals surface area contributed by atoms with Crippen LogP contribution in [0.5, 0.6) is 0 Å². The number of rotatable bonds is 4. The number of halogens is 1. The first kappa shape index (κ1) is 18.2. The summed E-state index contributed by atoms with van der Waals surface area (Å²) in [5.41, 5.74) is 1.92. The molecule has 1 aliphatic rings. The van der Waals surface area contributed by atoms with Crippen molar-refractivity contribution in [3.8, 4) is 11.3 Å². The SMILES string of the molecule is CSc1cccc(NC(=O)[C@@H]2CC(=O)Nc3cc(-c4ccc(F)cc4)nn32)c1. The Labute approximate surface area is 165 Å². The van der Waals surface area contributed by atoms with Crippen LogP contribution in [0.25, 0.3) is 11.3 Å². The highest BCUT2D eigenvalue weighted by molar-refractivity contribution is 7.98. The molecule has 8 heteroatoms. The minimum atomic E-state index is -0.768. The lowest BCUT2D eigenvalue weighted by atomic mass is 10.1. The Morgan fingerprint density at radius 1 is 1.25 bits per heavy atom. The second-order valence-corrected chi connectivity index (χ2v) is 7.24. The molecule has 2 N–H and O–H groups in total. The summed E-state index contributed by atoms with van der Waals surface area (Å²) in [5.74, 6) is -0.474. The molecule has 4 rings (SSSR count). The zero-order valence-corrected chi connectivity index (χ0v) is 15.8. The summed E-state index contributed by atoms with van der Waals surface area (Å²) in [7, 11) is 0. The van der Waals surface area contributed by atoms with Gasteiger partial charge in [-0.1, -0.05) is 6.07 Å². The fourth-order valence-electron chi connectivity index (χ4n) is 3.07. The average Bonchev–Trinajstić information content (AvgIpc) is 3.11. The molecule has 1 atom stereocenters. The quantitative estimate of drug-likeness (QED) is 0.655. The van der Waals surface area contributed by atoms with E-state index in [4.69, 9.17) is 0 Å². The first-order chi connectivity index (χ1) is 13.5. The van der Waals surface area contributed by atoms with Crippen molar-refractivity contribution in [3.63, 3.8) is 0 Å². The largest absolute Gasteiger partial charge is 0.324 e. The molecule has 0 unspecified atom stereocenters. The highest BCUT2D eigenvalue weighted by Gasteiger charge is 2.32. The van der Waals surface area contributed by atoms with Gasteiger partial charge in [-0.3, -0.25) is 9.59 Å². The summed E-state index contributed by atoms with van der Waals surface area (Å²) >= 11 is 1.58. The molecular formula is C20H17FN4O2S. The van der Waals surface area contributed by atoms with Gasteiger partial charge in [0, 0.05) is 22.2 Å². The van der Waals surface area contributed by atoms with Crippen LogP contribution >= 0.6 is 11.8 Å². The van der Waals surface area contributed by atoms with Gasteiger partial charge in [-0.15, -0.1) is 11.8 Å². The number of aromatic nitrogens is 2. The molecule has 0 spiro atoms.